The van der Waals surface area contributed by atoms with Crippen molar-refractivity contribution < 1.29 is 5.11 Å². The Morgan fingerprint density at radius 1 is 1.24 bits per heavy atom. The molecule has 1 unspecified atom stereocenters. The van der Waals surface area contributed by atoms with Gasteiger partial charge in [0.25, 0.3) is 0 Å². The van der Waals surface area contributed by atoms with Crippen LogP contribution in [-0.2, 0) is 13.0 Å². The summed E-state index contributed by atoms with van der Waals surface area (Å²) in [5.41, 5.74) is 2.90. The maximum absolute atomic E-state index is 10.6. The fourth-order valence-corrected chi connectivity index (χ4v) is 2.75. The summed E-state index contributed by atoms with van der Waals surface area (Å²) in [4.78, 5) is 4.24. The van der Waals surface area contributed by atoms with Crippen molar-refractivity contribution >= 4 is 10.8 Å². The number of aliphatic hydroxyl groups is 1. The maximum Gasteiger partial charge on any atom is 0.0866 e. The van der Waals surface area contributed by atoms with E-state index >= 15 is 0 Å². The largest absolute Gasteiger partial charge is 0.388 e. The van der Waals surface area contributed by atoms with Gasteiger partial charge in [0, 0.05) is 42.0 Å². The van der Waals surface area contributed by atoms with E-state index in [1.54, 1.807) is 6.20 Å². The lowest BCUT2D eigenvalue weighted by molar-refractivity contribution is 0.176. The molecule has 0 aliphatic heterocycles. The monoisotopic (exact) mass is 281 g/mol. The lowest BCUT2D eigenvalue weighted by Gasteiger charge is -2.14. The zero-order valence-corrected chi connectivity index (χ0v) is 12.3. The minimum absolute atomic E-state index is 0.546. The van der Waals surface area contributed by atoms with Gasteiger partial charge >= 0.3 is 0 Å². The first kappa shape index (κ1) is 13.8. The molecule has 1 atom stereocenters. The van der Waals surface area contributed by atoms with E-state index in [1.165, 1.54) is 0 Å². The Bertz CT molecular complexity index is 758. The Balaban J connectivity index is 1.95. The van der Waals surface area contributed by atoms with Gasteiger partial charge in [0.1, 0.15) is 0 Å². The second-order valence-electron chi connectivity index (χ2n) is 5.26. The molecule has 0 aliphatic carbocycles. The Hall–Kier alpha value is -2.20. The second-order valence-corrected chi connectivity index (χ2v) is 5.26. The maximum atomic E-state index is 10.6. The van der Waals surface area contributed by atoms with Crippen LogP contribution in [0.2, 0.25) is 0 Å². The molecule has 0 saturated heterocycles. The van der Waals surface area contributed by atoms with E-state index in [0.717, 1.165) is 34.3 Å². The normalized spacial score (nSPS) is 12.7. The van der Waals surface area contributed by atoms with Gasteiger partial charge in [-0.1, -0.05) is 24.3 Å². The number of pyridine rings is 1. The van der Waals surface area contributed by atoms with E-state index in [2.05, 4.69) is 17.0 Å². The van der Waals surface area contributed by atoms with Crippen LogP contribution < -0.4 is 0 Å². The highest BCUT2D eigenvalue weighted by Gasteiger charge is 2.15. The van der Waals surface area contributed by atoms with Crippen molar-refractivity contribution in [1.29, 1.82) is 0 Å². The van der Waals surface area contributed by atoms with Gasteiger partial charge in [0.15, 0.2) is 0 Å². The molecule has 0 bridgehead atoms. The standard InChI is InChI=1S/C17H19N3O/c1-3-20-14(8-12(2)19-20)9-17(21)16-11-18-10-13-6-4-5-7-15(13)16/h4-8,10-11,17,21H,3,9H2,1-2H3. The highest BCUT2D eigenvalue weighted by Crippen LogP contribution is 2.25. The summed E-state index contributed by atoms with van der Waals surface area (Å²) >= 11 is 0. The summed E-state index contributed by atoms with van der Waals surface area (Å²) in [6.07, 6.45) is 3.55. The fraction of sp³-hybridized carbons (Fsp3) is 0.294. The Kier molecular flexibility index (Phi) is 3.71. The second kappa shape index (κ2) is 5.66. The number of aliphatic hydroxyl groups excluding tert-OH is 1. The molecule has 21 heavy (non-hydrogen) atoms. The van der Waals surface area contributed by atoms with Crippen molar-refractivity contribution in [1.82, 2.24) is 14.8 Å². The summed E-state index contributed by atoms with van der Waals surface area (Å²) in [5.74, 6) is 0. The summed E-state index contributed by atoms with van der Waals surface area (Å²) in [7, 11) is 0. The zero-order chi connectivity index (χ0) is 14.8. The van der Waals surface area contributed by atoms with Gasteiger partial charge in [0.05, 0.1) is 11.8 Å². The molecule has 4 nitrogen and oxygen atoms in total. The summed E-state index contributed by atoms with van der Waals surface area (Å²) in [6, 6.07) is 10.0. The van der Waals surface area contributed by atoms with Crippen molar-refractivity contribution in [3.8, 4) is 0 Å². The third-order valence-electron chi connectivity index (χ3n) is 3.75. The number of fused-ring (bicyclic) bond motifs is 1. The van der Waals surface area contributed by atoms with Gasteiger partial charge in [-0.3, -0.25) is 9.67 Å². The molecule has 1 N–H and O–H groups in total. The Labute approximate surface area is 124 Å². The van der Waals surface area contributed by atoms with Gasteiger partial charge < -0.3 is 5.11 Å². The molecular weight excluding hydrogens is 262 g/mol. The molecule has 0 amide bonds. The Morgan fingerprint density at radius 3 is 2.86 bits per heavy atom. The molecule has 0 fully saturated rings. The molecule has 3 aromatic rings. The van der Waals surface area contributed by atoms with Crippen molar-refractivity contribution in [2.24, 2.45) is 0 Å². The predicted molar refractivity (Wildman–Crippen MR) is 83.0 cm³/mol. The molecule has 3 rings (SSSR count). The first-order valence-corrected chi connectivity index (χ1v) is 7.23. The number of benzene rings is 1. The summed E-state index contributed by atoms with van der Waals surface area (Å²) in [5, 5.41) is 17.2. The molecule has 2 heterocycles. The van der Waals surface area contributed by atoms with Crippen LogP contribution in [0, 0.1) is 6.92 Å². The molecule has 1 aromatic carbocycles. The van der Waals surface area contributed by atoms with Gasteiger partial charge in [-0.15, -0.1) is 0 Å². The SMILES string of the molecule is CCn1nc(C)cc1CC(O)c1cncc2ccccc12. The van der Waals surface area contributed by atoms with Crippen molar-refractivity contribution in [3.05, 3.63) is 59.7 Å². The molecular formula is C17H19N3O. The quantitative estimate of drug-likeness (QED) is 0.799. The smallest absolute Gasteiger partial charge is 0.0866 e. The van der Waals surface area contributed by atoms with Crippen LogP contribution in [0.3, 0.4) is 0 Å². The molecule has 2 aromatic heterocycles. The van der Waals surface area contributed by atoms with E-state index in [1.807, 2.05) is 48.1 Å². The number of nitrogens with zero attached hydrogens (tertiary/aromatic N) is 3. The van der Waals surface area contributed by atoms with E-state index in [9.17, 15) is 5.11 Å². The molecule has 108 valence electrons. The van der Waals surface area contributed by atoms with Crippen LogP contribution in [0.5, 0.6) is 0 Å². The fourth-order valence-electron chi connectivity index (χ4n) is 2.75. The number of hydrogen-bond acceptors (Lipinski definition) is 3. The topological polar surface area (TPSA) is 50.9 Å². The first-order chi connectivity index (χ1) is 10.2. The van der Waals surface area contributed by atoms with Crippen molar-refractivity contribution in [2.45, 2.75) is 32.9 Å². The summed E-state index contributed by atoms with van der Waals surface area (Å²) in [6.45, 7) is 4.84. The zero-order valence-electron chi connectivity index (χ0n) is 12.3. The third-order valence-corrected chi connectivity index (χ3v) is 3.75. The molecule has 0 radical (unpaired) electrons. The van der Waals surface area contributed by atoms with Gasteiger partial charge in [-0.25, -0.2) is 0 Å². The predicted octanol–water partition coefficient (Wildman–Crippen LogP) is 3.04. The molecule has 4 heteroatoms. The average molecular weight is 281 g/mol. The highest BCUT2D eigenvalue weighted by atomic mass is 16.3. The van der Waals surface area contributed by atoms with Crippen LogP contribution in [0.1, 0.15) is 30.0 Å². The third kappa shape index (κ3) is 2.67. The number of aromatic nitrogens is 3. The van der Waals surface area contributed by atoms with Gasteiger partial charge in [-0.05, 0) is 25.3 Å². The van der Waals surface area contributed by atoms with Crippen LogP contribution in [0.15, 0.2) is 42.7 Å². The lowest BCUT2D eigenvalue weighted by Crippen LogP contribution is -2.09. The highest BCUT2D eigenvalue weighted by molar-refractivity contribution is 5.84. The molecule has 0 spiro atoms. The van der Waals surface area contributed by atoms with Crippen LogP contribution >= 0.6 is 0 Å². The molecule has 0 aliphatic rings. The number of hydrogen-bond donors (Lipinski definition) is 1. The van der Waals surface area contributed by atoms with E-state index in [0.29, 0.717) is 6.42 Å². The first-order valence-electron chi connectivity index (χ1n) is 7.23. The van der Waals surface area contributed by atoms with Gasteiger partial charge in [-0.2, -0.15) is 5.10 Å². The van der Waals surface area contributed by atoms with Crippen LogP contribution in [0.4, 0.5) is 0 Å². The van der Waals surface area contributed by atoms with E-state index in [4.69, 9.17) is 0 Å². The van der Waals surface area contributed by atoms with Crippen molar-refractivity contribution in [3.63, 3.8) is 0 Å². The van der Waals surface area contributed by atoms with Crippen LogP contribution in [0.25, 0.3) is 10.8 Å². The number of rotatable bonds is 4. The molecule has 0 saturated carbocycles. The number of aryl methyl sites for hydroxylation is 2. The van der Waals surface area contributed by atoms with Gasteiger partial charge in [0.2, 0.25) is 0 Å². The summed E-state index contributed by atoms with van der Waals surface area (Å²) < 4.78 is 1.94. The van der Waals surface area contributed by atoms with Crippen LogP contribution in [-0.4, -0.2) is 19.9 Å². The van der Waals surface area contributed by atoms with E-state index < -0.39 is 6.10 Å². The minimum atomic E-state index is -0.579. The minimum Gasteiger partial charge on any atom is -0.388 e. The Morgan fingerprint density at radius 2 is 2.05 bits per heavy atom. The average Bonchev–Trinajstić information content (AvgIpc) is 2.86. The van der Waals surface area contributed by atoms with Crippen molar-refractivity contribution in [2.75, 3.05) is 0 Å². The van der Waals surface area contributed by atoms with E-state index in [-0.39, 0.29) is 0 Å². The lowest BCUT2D eigenvalue weighted by atomic mass is 10.0.